The molecule has 28 heavy (non-hydrogen) atoms. The molecule has 1 amide bonds. The minimum absolute atomic E-state index is 0.174. The van der Waals surface area contributed by atoms with Crippen LogP contribution in [-0.2, 0) is 6.54 Å². The highest BCUT2D eigenvalue weighted by Gasteiger charge is 2.19. The molecule has 4 rings (SSSR count). The Labute approximate surface area is 165 Å². The van der Waals surface area contributed by atoms with Gasteiger partial charge in [-0.05, 0) is 44.2 Å². The fourth-order valence-electron chi connectivity index (χ4n) is 2.76. The summed E-state index contributed by atoms with van der Waals surface area (Å²) in [6.07, 6.45) is 1.57. The number of carbonyl (C=O) groups is 1. The number of aromatic nitrogens is 3. The lowest BCUT2D eigenvalue weighted by molar-refractivity contribution is 0.0941. The third kappa shape index (κ3) is 3.57. The van der Waals surface area contributed by atoms with Gasteiger partial charge in [0, 0.05) is 11.1 Å². The van der Waals surface area contributed by atoms with Gasteiger partial charge in [0.25, 0.3) is 5.91 Å². The standard InChI is InChI=1S/C20H17ClN4O3/c1-12-13(2)28-19(23-12)11-22-20(26)16-10-17(18-7-4-8-27-18)25(24-16)15-6-3-5-14(21)9-15/h3-10H,11H2,1-2H3,(H,22,26). The summed E-state index contributed by atoms with van der Waals surface area (Å²) in [5.41, 5.74) is 2.40. The predicted octanol–water partition coefficient (Wildman–Crippen LogP) is 4.32. The maximum Gasteiger partial charge on any atom is 0.272 e. The number of amides is 1. The number of halogens is 1. The van der Waals surface area contributed by atoms with Crippen molar-refractivity contribution in [3.63, 3.8) is 0 Å². The molecule has 0 saturated heterocycles. The Morgan fingerprint density at radius 2 is 2.07 bits per heavy atom. The highest BCUT2D eigenvalue weighted by molar-refractivity contribution is 6.30. The van der Waals surface area contributed by atoms with Gasteiger partial charge in [-0.25, -0.2) is 9.67 Å². The molecular weight excluding hydrogens is 380 g/mol. The van der Waals surface area contributed by atoms with Gasteiger partial charge < -0.3 is 14.2 Å². The van der Waals surface area contributed by atoms with Crippen LogP contribution in [0.4, 0.5) is 0 Å². The molecule has 1 aromatic carbocycles. The fraction of sp³-hybridized carbons (Fsp3) is 0.150. The summed E-state index contributed by atoms with van der Waals surface area (Å²) >= 11 is 6.11. The molecule has 0 bridgehead atoms. The quantitative estimate of drug-likeness (QED) is 0.543. The van der Waals surface area contributed by atoms with Gasteiger partial charge in [-0.15, -0.1) is 0 Å². The Bertz CT molecular complexity index is 1110. The Kier molecular flexibility index (Phi) is 4.75. The zero-order valence-corrected chi connectivity index (χ0v) is 16.0. The number of hydrogen-bond acceptors (Lipinski definition) is 5. The maximum atomic E-state index is 12.6. The molecule has 0 aliphatic rings. The first-order valence-corrected chi connectivity index (χ1v) is 9.00. The number of hydrogen-bond donors (Lipinski definition) is 1. The highest BCUT2D eigenvalue weighted by Crippen LogP contribution is 2.26. The van der Waals surface area contributed by atoms with Gasteiger partial charge in [-0.1, -0.05) is 17.7 Å². The summed E-state index contributed by atoms with van der Waals surface area (Å²) in [6, 6.07) is 12.5. The van der Waals surface area contributed by atoms with Crippen molar-refractivity contribution in [1.82, 2.24) is 20.1 Å². The molecule has 0 spiro atoms. The van der Waals surface area contributed by atoms with Crippen LogP contribution in [0.1, 0.15) is 27.8 Å². The molecule has 0 atom stereocenters. The molecule has 4 aromatic rings. The summed E-state index contributed by atoms with van der Waals surface area (Å²) in [4.78, 5) is 16.9. The molecule has 0 aliphatic heterocycles. The molecule has 0 fully saturated rings. The van der Waals surface area contributed by atoms with E-state index < -0.39 is 0 Å². The van der Waals surface area contributed by atoms with Gasteiger partial charge in [-0.2, -0.15) is 5.10 Å². The Hall–Kier alpha value is -3.32. The van der Waals surface area contributed by atoms with Gasteiger partial charge in [0.1, 0.15) is 11.5 Å². The summed E-state index contributed by atoms with van der Waals surface area (Å²) in [6.45, 7) is 3.86. The lowest BCUT2D eigenvalue weighted by Gasteiger charge is -2.05. The van der Waals surface area contributed by atoms with E-state index in [1.165, 1.54) is 0 Å². The summed E-state index contributed by atoms with van der Waals surface area (Å²) in [5.74, 6) is 1.42. The zero-order chi connectivity index (χ0) is 19.7. The summed E-state index contributed by atoms with van der Waals surface area (Å²) < 4.78 is 12.6. The van der Waals surface area contributed by atoms with E-state index in [0.717, 1.165) is 17.1 Å². The van der Waals surface area contributed by atoms with Crippen molar-refractivity contribution >= 4 is 17.5 Å². The summed E-state index contributed by atoms with van der Waals surface area (Å²) in [5, 5.41) is 7.79. The number of aryl methyl sites for hydroxylation is 2. The van der Waals surface area contributed by atoms with Gasteiger partial charge in [0.15, 0.2) is 11.5 Å². The van der Waals surface area contributed by atoms with Crippen LogP contribution in [0, 0.1) is 13.8 Å². The first-order chi connectivity index (χ1) is 13.5. The van der Waals surface area contributed by atoms with Gasteiger partial charge in [0.05, 0.1) is 24.2 Å². The Balaban J connectivity index is 1.64. The largest absolute Gasteiger partial charge is 0.463 e. The lowest BCUT2D eigenvalue weighted by Crippen LogP contribution is -2.23. The van der Waals surface area contributed by atoms with Crippen LogP contribution in [0.3, 0.4) is 0 Å². The fourth-order valence-corrected chi connectivity index (χ4v) is 2.94. The van der Waals surface area contributed by atoms with Crippen LogP contribution in [0.15, 0.2) is 57.6 Å². The van der Waals surface area contributed by atoms with Gasteiger partial charge >= 0.3 is 0 Å². The lowest BCUT2D eigenvalue weighted by atomic mass is 10.2. The third-order valence-corrected chi connectivity index (χ3v) is 4.48. The second kappa shape index (κ2) is 7.36. The van der Waals surface area contributed by atoms with Gasteiger partial charge in [-0.3, -0.25) is 4.79 Å². The average Bonchev–Trinajstić information content (AvgIpc) is 3.40. The van der Waals surface area contributed by atoms with Gasteiger partial charge in [0.2, 0.25) is 5.89 Å². The molecule has 7 nitrogen and oxygen atoms in total. The van der Waals surface area contributed by atoms with Crippen molar-refractivity contribution in [2.24, 2.45) is 0 Å². The molecule has 8 heteroatoms. The number of nitrogens with one attached hydrogen (secondary N) is 1. The van der Waals surface area contributed by atoms with Crippen LogP contribution in [0.25, 0.3) is 17.1 Å². The molecule has 3 aromatic heterocycles. The first-order valence-electron chi connectivity index (χ1n) is 8.62. The molecule has 0 unspecified atom stereocenters. The van der Waals surface area contributed by atoms with Crippen molar-refractivity contribution in [2.75, 3.05) is 0 Å². The monoisotopic (exact) mass is 396 g/mol. The molecule has 142 valence electrons. The number of rotatable bonds is 5. The van der Waals surface area contributed by atoms with Crippen LogP contribution in [-0.4, -0.2) is 20.7 Å². The first kappa shape index (κ1) is 18.1. The number of nitrogens with zero attached hydrogens (tertiary/aromatic N) is 3. The van der Waals surface area contributed by atoms with E-state index in [1.54, 1.807) is 41.3 Å². The third-order valence-electron chi connectivity index (χ3n) is 4.24. The highest BCUT2D eigenvalue weighted by atomic mass is 35.5. The smallest absolute Gasteiger partial charge is 0.272 e. The minimum atomic E-state index is -0.345. The van der Waals surface area contributed by atoms with E-state index in [2.05, 4.69) is 15.4 Å². The average molecular weight is 397 g/mol. The SMILES string of the molecule is Cc1nc(CNC(=O)c2cc(-c3ccco3)n(-c3cccc(Cl)c3)n2)oc1C. The second-order valence-corrected chi connectivity index (χ2v) is 6.65. The number of oxazole rings is 1. The van der Waals surface area contributed by atoms with Crippen LogP contribution in [0.2, 0.25) is 5.02 Å². The normalized spacial score (nSPS) is 11.0. The zero-order valence-electron chi connectivity index (χ0n) is 15.3. The van der Waals surface area contributed by atoms with E-state index in [9.17, 15) is 4.79 Å². The van der Waals surface area contributed by atoms with E-state index >= 15 is 0 Å². The molecule has 0 saturated carbocycles. The van der Waals surface area contributed by atoms with Crippen LogP contribution < -0.4 is 5.32 Å². The van der Waals surface area contributed by atoms with Crippen molar-refractivity contribution in [3.05, 3.63) is 76.8 Å². The molecule has 1 N–H and O–H groups in total. The van der Waals surface area contributed by atoms with Crippen molar-refractivity contribution in [2.45, 2.75) is 20.4 Å². The summed E-state index contributed by atoms with van der Waals surface area (Å²) in [7, 11) is 0. The molecule has 3 heterocycles. The van der Waals surface area contributed by atoms with Crippen molar-refractivity contribution in [1.29, 1.82) is 0 Å². The maximum absolute atomic E-state index is 12.6. The van der Waals surface area contributed by atoms with E-state index in [0.29, 0.717) is 22.4 Å². The van der Waals surface area contributed by atoms with Crippen molar-refractivity contribution < 1.29 is 13.6 Å². The molecule has 0 aliphatic carbocycles. The number of furan rings is 1. The predicted molar refractivity (Wildman–Crippen MR) is 103 cm³/mol. The number of carbonyl (C=O) groups excluding carboxylic acids is 1. The van der Waals surface area contributed by atoms with E-state index in [4.69, 9.17) is 20.4 Å². The molecule has 0 radical (unpaired) electrons. The topological polar surface area (TPSA) is 86.1 Å². The second-order valence-electron chi connectivity index (χ2n) is 6.22. The Morgan fingerprint density at radius 1 is 1.21 bits per heavy atom. The number of benzene rings is 1. The van der Waals surface area contributed by atoms with Crippen LogP contribution in [0.5, 0.6) is 0 Å². The minimum Gasteiger partial charge on any atom is -0.463 e. The molecular formula is C20H17ClN4O3. The van der Waals surface area contributed by atoms with Crippen LogP contribution >= 0.6 is 11.6 Å². The van der Waals surface area contributed by atoms with E-state index in [1.807, 2.05) is 26.0 Å². The van der Waals surface area contributed by atoms with Crippen molar-refractivity contribution in [3.8, 4) is 17.1 Å². The van der Waals surface area contributed by atoms with E-state index in [-0.39, 0.29) is 18.1 Å². The Morgan fingerprint density at radius 3 is 2.75 bits per heavy atom.